The van der Waals surface area contributed by atoms with E-state index in [9.17, 15) is 5.11 Å². The normalized spacial score (nSPS) is 23.4. The molecule has 3 heterocycles. The van der Waals surface area contributed by atoms with Crippen LogP contribution in [0.25, 0.3) is 0 Å². The van der Waals surface area contributed by atoms with E-state index in [0.717, 1.165) is 38.9 Å². The summed E-state index contributed by atoms with van der Waals surface area (Å²) in [5.74, 6) is 1.28. The van der Waals surface area contributed by atoms with Crippen LogP contribution in [0, 0.1) is 0 Å². The standard InChI is InChI=1S/C14H22ClN5O/c15-12-16-13(19-7-3-1-4-8-19)18-14(17-12)20-9-5-2-6-11(20)10-21/h11,21H,1-10H2. The van der Waals surface area contributed by atoms with Gasteiger partial charge in [0, 0.05) is 19.6 Å². The second-order valence-corrected chi connectivity index (χ2v) is 6.12. The van der Waals surface area contributed by atoms with Gasteiger partial charge in [0.15, 0.2) is 0 Å². The smallest absolute Gasteiger partial charge is 0.231 e. The Morgan fingerprint density at radius 1 is 0.952 bits per heavy atom. The van der Waals surface area contributed by atoms with Gasteiger partial charge in [-0.2, -0.15) is 15.0 Å². The van der Waals surface area contributed by atoms with Crippen LogP contribution in [0.5, 0.6) is 0 Å². The van der Waals surface area contributed by atoms with Crippen molar-refractivity contribution >= 4 is 23.5 Å². The van der Waals surface area contributed by atoms with Crippen molar-refractivity contribution in [3.63, 3.8) is 0 Å². The maximum atomic E-state index is 9.55. The predicted octanol–water partition coefficient (Wildman–Crippen LogP) is 1.87. The van der Waals surface area contributed by atoms with E-state index in [2.05, 4.69) is 24.8 Å². The van der Waals surface area contributed by atoms with Gasteiger partial charge in [-0.3, -0.25) is 0 Å². The van der Waals surface area contributed by atoms with Gasteiger partial charge in [0.25, 0.3) is 0 Å². The number of aliphatic hydroxyl groups excluding tert-OH is 1. The van der Waals surface area contributed by atoms with E-state index in [1.165, 1.54) is 19.3 Å². The summed E-state index contributed by atoms with van der Waals surface area (Å²) in [5.41, 5.74) is 0. The zero-order chi connectivity index (χ0) is 14.7. The number of anilines is 2. The lowest BCUT2D eigenvalue weighted by Gasteiger charge is -2.35. The first-order valence-corrected chi connectivity index (χ1v) is 8.20. The van der Waals surface area contributed by atoms with Crippen molar-refractivity contribution < 1.29 is 5.11 Å². The highest BCUT2D eigenvalue weighted by Crippen LogP contribution is 2.25. The van der Waals surface area contributed by atoms with Gasteiger partial charge < -0.3 is 14.9 Å². The molecule has 2 saturated heterocycles. The highest BCUT2D eigenvalue weighted by Gasteiger charge is 2.26. The first-order chi connectivity index (χ1) is 10.3. The van der Waals surface area contributed by atoms with Crippen LogP contribution < -0.4 is 9.80 Å². The topological polar surface area (TPSA) is 65.4 Å². The molecule has 1 aromatic rings. The summed E-state index contributed by atoms with van der Waals surface area (Å²) in [7, 11) is 0. The molecule has 0 amide bonds. The van der Waals surface area contributed by atoms with Crippen molar-refractivity contribution in [3.05, 3.63) is 5.28 Å². The Labute approximate surface area is 130 Å². The molecule has 2 fully saturated rings. The Balaban J connectivity index is 1.85. The molecule has 0 aromatic carbocycles. The highest BCUT2D eigenvalue weighted by atomic mass is 35.5. The number of aromatic nitrogens is 3. The second kappa shape index (κ2) is 6.75. The third-order valence-electron chi connectivity index (χ3n) is 4.32. The van der Waals surface area contributed by atoms with Crippen LogP contribution >= 0.6 is 11.6 Å². The van der Waals surface area contributed by atoms with E-state index in [-0.39, 0.29) is 17.9 Å². The van der Waals surface area contributed by atoms with Gasteiger partial charge in [-0.15, -0.1) is 0 Å². The van der Waals surface area contributed by atoms with Gasteiger partial charge in [-0.05, 0) is 50.1 Å². The van der Waals surface area contributed by atoms with E-state index in [1.807, 2.05) is 0 Å². The van der Waals surface area contributed by atoms with Crippen molar-refractivity contribution in [2.24, 2.45) is 0 Å². The summed E-state index contributed by atoms with van der Waals surface area (Å²) in [6.45, 7) is 2.94. The fourth-order valence-electron chi connectivity index (χ4n) is 3.15. The molecule has 1 unspecified atom stereocenters. The molecule has 2 aliphatic heterocycles. The molecule has 0 radical (unpaired) electrons. The fourth-order valence-corrected chi connectivity index (χ4v) is 3.30. The van der Waals surface area contributed by atoms with Crippen molar-refractivity contribution in [1.82, 2.24) is 15.0 Å². The van der Waals surface area contributed by atoms with Crippen molar-refractivity contribution in [3.8, 4) is 0 Å². The first-order valence-electron chi connectivity index (χ1n) is 7.82. The van der Waals surface area contributed by atoms with Crippen LogP contribution in [-0.2, 0) is 0 Å². The van der Waals surface area contributed by atoms with Crippen LogP contribution in [0.1, 0.15) is 38.5 Å². The Morgan fingerprint density at radius 3 is 2.43 bits per heavy atom. The van der Waals surface area contributed by atoms with Gasteiger partial charge in [0.1, 0.15) is 0 Å². The largest absolute Gasteiger partial charge is 0.394 e. The van der Waals surface area contributed by atoms with Crippen LogP contribution in [0.3, 0.4) is 0 Å². The lowest BCUT2D eigenvalue weighted by molar-refractivity contribution is 0.238. The Bertz CT molecular complexity index is 480. The van der Waals surface area contributed by atoms with Crippen molar-refractivity contribution in [1.29, 1.82) is 0 Å². The van der Waals surface area contributed by atoms with Gasteiger partial charge in [-0.25, -0.2) is 0 Å². The molecule has 116 valence electrons. The number of rotatable bonds is 3. The van der Waals surface area contributed by atoms with E-state index in [0.29, 0.717) is 11.9 Å². The first kappa shape index (κ1) is 14.8. The molecular weight excluding hydrogens is 290 g/mol. The summed E-state index contributed by atoms with van der Waals surface area (Å²) in [4.78, 5) is 17.4. The van der Waals surface area contributed by atoms with Crippen LogP contribution in [0.2, 0.25) is 5.28 Å². The number of hydrogen-bond donors (Lipinski definition) is 1. The van der Waals surface area contributed by atoms with Gasteiger partial charge in [-0.1, -0.05) is 0 Å². The minimum Gasteiger partial charge on any atom is -0.394 e. The molecule has 1 N–H and O–H groups in total. The lowest BCUT2D eigenvalue weighted by atomic mass is 10.0. The summed E-state index contributed by atoms with van der Waals surface area (Å²) in [6.07, 6.45) is 6.81. The third kappa shape index (κ3) is 3.37. The highest BCUT2D eigenvalue weighted by molar-refractivity contribution is 6.28. The number of aliphatic hydroxyl groups is 1. The number of nitrogens with zero attached hydrogens (tertiary/aromatic N) is 5. The van der Waals surface area contributed by atoms with E-state index in [4.69, 9.17) is 11.6 Å². The molecule has 0 spiro atoms. The molecule has 0 aliphatic carbocycles. The average molecular weight is 312 g/mol. The Morgan fingerprint density at radius 2 is 1.67 bits per heavy atom. The SMILES string of the molecule is OCC1CCCCN1c1nc(Cl)nc(N2CCCCC2)n1. The molecule has 1 aromatic heterocycles. The van der Waals surface area contributed by atoms with Crippen molar-refractivity contribution in [2.75, 3.05) is 36.0 Å². The van der Waals surface area contributed by atoms with Crippen LogP contribution in [-0.4, -0.2) is 52.3 Å². The monoisotopic (exact) mass is 311 g/mol. The molecule has 2 aliphatic rings. The maximum Gasteiger partial charge on any atom is 0.231 e. The number of hydrogen-bond acceptors (Lipinski definition) is 6. The Kier molecular flexibility index (Phi) is 4.75. The molecule has 7 heteroatoms. The third-order valence-corrected chi connectivity index (χ3v) is 4.49. The maximum absolute atomic E-state index is 9.55. The predicted molar refractivity (Wildman–Crippen MR) is 83.0 cm³/mol. The summed E-state index contributed by atoms with van der Waals surface area (Å²) in [5, 5.41) is 9.79. The molecule has 3 rings (SSSR count). The van der Waals surface area contributed by atoms with E-state index < -0.39 is 0 Å². The zero-order valence-corrected chi connectivity index (χ0v) is 13.0. The minimum absolute atomic E-state index is 0.0893. The van der Waals surface area contributed by atoms with Gasteiger partial charge >= 0.3 is 0 Å². The fraction of sp³-hybridized carbons (Fsp3) is 0.786. The van der Waals surface area contributed by atoms with Gasteiger partial charge in [0.05, 0.1) is 12.6 Å². The molecule has 1 atom stereocenters. The molecule has 21 heavy (non-hydrogen) atoms. The molecule has 0 saturated carbocycles. The molecular formula is C14H22ClN5O. The van der Waals surface area contributed by atoms with Crippen molar-refractivity contribution in [2.45, 2.75) is 44.6 Å². The number of halogens is 1. The molecule has 0 bridgehead atoms. The van der Waals surface area contributed by atoms with E-state index >= 15 is 0 Å². The summed E-state index contributed by atoms with van der Waals surface area (Å²) in [6, 6.07) is 0.0893. The van der Waals surface area contributed by atoms with Crippen LogP contribution in [0.4, 0.5) is 11.9 Å². The summed E-state index contributed by atoms with van der Waals surface area (Å²) >= 11 is 6.10. The second-order valence-electron chi connectivity index (χ2n) is 5.78. The van der Waals surface area contributed by atoms with Gasteiger partial charge in [0.2, 0.25) is 17.2 Å². The Hall–Kier alpha value is -1.14. The zero-order valence-electron chi connectivity index (χ0n) is 12.2. The minimum atomic E-state index is 0.0893. The molecule has 6 nitrogen and oxygen atoms in total. The quantitative estimate of drug-likeness (QED) is 0.919. The van der Waals surface area contributed by atoms with E-state index in [1.54, 1.807) is 0 Å². The summed E-state index contributed by atoms with van der Waals surface area (Å²) < 4.78 is 0. The number of piperidine rings is 2. The lowest BCUT2D eigenvalue weighted by Crippen LogP contribution is -2.43. The average Bonchev–Trinajstić information content (AvgIpc) is 2.55. The van der Waals surface area contributed by atoms with Crippen LogP contribution in [0.15, 0.2) is 0 Å².